The van der Waals surface area contributed by atoms with Gasteiger partial charge in [0.15, 0.2) is 0 Å². The predicted molar refractivity (Wildman–Crippen MR) is 64.9 cm³/mol. The zero-order chi connectivity index (χ0) is 14.4. The Morgan fingerprint density at radius 3 is 2.74 bits per heavy atom. The second-order valence-corrected chi connectivity index (χ2v) is 3.84. The van der Waals surface area contributed by atoms with Gasteiger partial charge in [0.25, 0.3) is 11.6 Å². The third kappa shape index (κ3) is 3.74. The van der Waals surface area contributed by atoms with E-state index in [9.17, 15) is 19.3 Å². The number of nitrogens with zero attached hydrogens (tertiary/aromatic N) is 3. The first-order valence-electron chi connectivity index (χ1n) is 5.60. The van der Waals surface area contributed by atoms with Crippen LogP contribution in [0.2, 0.25) is 0 Å². The van der Waals surface area contributed by atoms with Crippen molar-refractivity contribution in [2.45, 2.75) is 13.3 Å². The van der Waals surface area contributed by atoms with E-state index in [1.54, 1.807) is 0 Å². The maximum Gasteiger partial charge on any atom is 0.273 e. The fourth-order valence-corrected chi connectivity index (χ4v) is 1.59. The minimum atomic E-state index is -0.856. The van der Waals surface area contributed by atoms with Crippen molar-refractivity contribution in [2.24, 2.45) is 0 Å². The number of non-ortho nitro benzene ring substituents is 1. The summed E-state index contributed by atoms with van der Waals surface area (Å²) in [6, 6.07) is 4.51. The molecule has 0 bridgehead atoms. The maximum atomic E-state index is 13.2. The fraction of sp³-hybridized carbons (Fsp3) is 0.333. The molecule has 0 fully saturated rings. The van der Waals surface area contributed by atoms with E-state index in [-0.39, 0.29) is 12.1 Å². The molecule has 0 atom stereocenters. The van der Waals surface area contributed by atoms with Crippen LogP contribution in [-0.2, 0) is 0 Å². The quantitative estimate of drug-likeness (QED) is 0.463. The summed E-state index contributed by atoms with van der Waals surface area (Å²) in [7, 11) is 0. The molecule has 0 saturated heterocycles. The van der Waals surface area contributed by atoms with E-state index in [0.29, 0.717) is 13.0 Å². The number of carbonyl (C=O) groups excluding carboxylic acids is 1. The minimum Gasteiger partial charge on any atom is -0.325 e. The number of nitro groups is 1. The number of nitriles is 1. The lowest BCUT2D eigenvalue weighted by Gasteiger charge is -2.18. The number of carbonyl (C=O) groups is 1. The molecule has 6 nitrogen and oxygen atoms in total. The van der Waals surface area contributed by atoms with Gasteiger partial charge in [-0.3, -0.25) is 14.9 Å². The van der Waals surface area contributed by atoms with Crippen molar-refractivity contribution in [3.05, 3.63) is 39.7 Å². The second kappa shape index (κ2) is 6.44. The normalized spacial score (nSPS) is 9.74. The van der Waals surface area contributed by atoms with Crippen LogP contribution in [0.15, 0.2) is 18.2 Å². The van der Waals surface area contributed by atoms with Crippen LogP contribution in [0.5, 0.6) is 0 Å². The van der Waals surface area contributed by atoms with Crippen LogP contribution in [0, 0.1) is 27.3 Å². The van der Waals surface area contributed by atoms with Crippen LogP contribution in [0.25, 0.3) is 0 Å². The van der Waals surface area contributed by atoms with Gasteiger partial charge in [-0.05, 0) is 12.5 Å². The first-order chi connectivity index (χ1) is 8.99. The summed E-state index contributed by atoms with van der Waals surface area (Å²) in [6.45, 7) is 2.01. The van der Waals surface area contributed by atoms with Crippen molar-refractivity contribution in [3.8, 4) is 6.07 Å². The van der Waals surface area contributed by atoms with Crippen molar-refractivity contribution in [1.82, 2.24) is 4.90 Å². The van der Waals surface area contributed by atoms with Gasteiger partial charge in [-0.15, -0.1) is 0 Å². The molecule has 0 aliphatic heterocycles. The summed E-state index contributed by atoms with van der Waals surface area (Å²) in [5.41, 5.74) is -0.618. The van der Waals surface area contributed by atoms with Crippen LogP contribution >= 0.6 is 0 Å². The summed E-state index contributed by atoms with van der Waals surface area (Å²) >= 11 is 0. The summed E-state index contributed by atoms with van der Waals surface area (Å²) in [4.78, 5) is 23.1. The van der Waals surface area contributed by atoms with Crippen LogP contribution in [-0.4, -0.2) is 28.8 Å². The molecule has 0 N–H and O–H groups in total. The largest absolute Gasteiger partial charge is 0.325 e. The smallest absolute Gasteiger partial charge is 0.273 e. The van der Waals surface area contributed by atoms with Crippen LogP contribution in [0.4, 0.5) is 10.1 Å². The van der Waals surface area contributed by atoms with Gasteiger partial charge in [-0.25, -0.2) is 4.39 Å². The number of hydrogen-bond acceptors (Lipinski definition) is 4. The molecule has 7 heteroatoms. The molecule has 19 heavy (non-hydrogen) atoms. The molecule has 100 valence electrons. The number of rotatable bonds is 5. The van der Waals surface area contributed by atoms with Gasteiger partial charge in [0.1, 0.15) is 12.4 Å². The number of amides is 1. The Morgan fingerprint density at radius 1 is 1.53 bits per heavy atom. The standard InChI is InChI=1S/C12H12FN3O3/c1-2-4-15(5-3-14)12(17)9-6-10(13)8-11(7-9)16(18)19/h6-8H,2,4-5H2,1H3. The molecule has 0 heterocycles. The van der Waals surface area contributed by atoms with E-state index < -0.39 is 22.3 Å². The Labute approximate surface area is 109 Å². The Morgan fingerprint density at radius 2 is 2.21 bits per heavy atom. The summed E-state index contributed by atoms with van der Waals surface area (Å²) in [5.74, 6) is -1.45. The van der Waals surface area contributed by atoms with Crippen LogP contribution < -0.4 is 0 Å². The van der Waals surface area contributed by atoms with Crippen molar-refractivity contribution < 1.29 is 14.1 Å². The zero-order valence-electron chi connectivity index (χ0n) is 10.3. The van der Waals surface area contributed by atoms with E-state index in [1.165, 1.54) is 4.90 Å². The van der Waals surface area contributed by atoms with Crippen molar-refractivity contribution in [1.29, 1.82) is 5.26 Å². The molecule has 0 aliphatic carbocycles. The molecule has 1 aromatic carbocycles. The first-order valence-corrected chi connectivity index (χ1v) is 5.60. The molecule has 0 aliphatic rings. The monoisotopic (exact) mass is 265 g/mol. The Bertz CT molecular complexity index is 540. The molecule has 0 unspecified atom stereocenters. The highest BCUT2D eigenvalue weighted by atomic mass is 19.1. The molecule has 1 aromatic rings. The third-order valence-corrected chi connectivity index (χ3v) is 2.38. The second-order valence-electron chi connectivity index (χ2n) is 3.84. The van der Waals surface area contributed by atoms with Crippen molar-refractivity contribution >= 4 is 11.6 Å². The Kier molecular flexibility index (Phi) is 4.94. The fourth-order valence-electron chi connectivity index (χ4n) is 1.59. The lowest BCUT2D eigenvalue weighted by molar-refractivity contribution is -0.385. The summed E-state index contributed by atoms with van der Waals surface area (Å²) in [5, 5.41) is 19.2. The highest BCUT2D eigenvalue weighted by Crippen LogP contribution is 2.17. The zero-order valence-corrected chi connectivity index (χ0v) is 10.3. The average molecular weight is 265 g/mol. The Hall–Kier alpha value is -2.49. The van der Waals surface area contributed by atoms with E-state index >= 15 is 0 Å². The van der Waals surface area contributed by atoms with Gasteiger partial charge >= 0.3 is 0 Å². The number of nitro benzene ring substituents is 1. The predicted octanol–water partition coefficient (Wildman–Crippen LogP) is 2.11. The molecule has 0 aromatic heterocycles. The maximum absolute atomic E-state index is 13.2. The topological polar surface area (TPSA) is 87.2 Å². The molecule has 0 spiro atoms. The lowest BCUT2D eigenvalue weighted by Crippen LogP contribution is -2.32. The van der Waals surface area contributed by atoms with Crippen LogP contribution in [0.1, 0.15) is 23.7 Å². The molecule has 0 radical (unpaired) electrons. The molecule has 1 rings (SSSR count). The summed E-state index contributed by atoms with van der Waals surface area (Å²) < 4.78 is 13.2. The Balaban J connectivity index is 3.10. The molecule has 0 saturated carbocycles. The van der Waals surface area contributed by atoms with Gasteiger partial charge in [-0.2, -0.15) is 5.26 Å². The van der Waals surface area contributed by atoms with Gasteiger partial charge in [-0.1, -0.05) is 6.92 Å². The molecular formula is C12H12FN3O3. The van der Waals surface area contributed by atoms with E-state index in [4.69, 9.17) is 5.26 Å². The highest BCUT2D eigenvalue weighted by Gasteiger charge is 2.19. The average Bonchev–Trinajstić information content (AvgIpc) is 2.37. The van der Waals surface area contributed by atoms with E-state index in [2.05, 4.69) is 0 Å². The van der Waals surface area contributed by atoms with E-state index in [1.807, 2.05) is 13.0 Å². The highest BCUT2D eigenvalue weighted by molar-refractivity contribution is 5.95. The first kappa shape index (κ1) is 14.6. The van der Waals surface area contributed by atoms with E-state index in [0.717, 1.165) is 18.2 Å². The summed E-state index contributed by atoms with van der Waals surface area (Å²) in [6.07, 6.45) is 0.630. The molecule has 1 amide bonds. The number of halogens is 1. The van der Waals surface area contributed by atoms with Gasteiger partial charge in [0.05, 0.1) is 17.1 Å². The number of benzene rings is 1. The minimum absolute atomic E-state index is 0.129. The number of hydrogen-bond donors (Lipinski definition) is 0. The lowest BCUT2D eigenvalue weighted by atomic mass is 10.1. The van der Waals surface area contributed by atoms with Gasteiger partial charge in [0, 0.05) is 18.2 Å². The SMILES string of the molecule is CCCN(CC#N)C(=O)c1cc(F)cc([N+](=O)[O-])c1. The van der Waals surface area contributed by atoms with Crippen molar-refractivity contribution in [2.75, 3.05) is 13.1 Å². The third-order valence-electron chi connectivity index (χ3n) is 2.38. The van der Waals surface area contributed by atoms with Crippen LogP contribution in [0.3, 0.4) is 0 Å². The van der Waals surface area contributed by atoms with Crippen molar-refractivity contribution in [3.63, 3.8) is 0 Å². The van der Waals surface area contributed by atoms with Gasteiger partial charge in [0.2, 0.25) is 0 Å². The van der Waals surface area contributed by atoms with Gasteiger partial charge < -0.3 is 4.90 Å². The molecular weight excluding hydrogens is 253 g/mol.